The summed E-state index contributed by atoms with van der Waals surface area (Å²) in [5.74, 6) is 0.620. The summed E-state index contributed by atoms with van der Waals surface area (Å²) < 4.78 is 1.62. The molecule has 18 heavy (non-hydrogen) atoms. The lowest BCUT2D eigenvalue weighted by Gasteiger charge is -2.11. The minimum atomic E-state index is 0.305. The molecule has 0 aromatic carbocycles. The fraction of sp³-hybridized carbons (Fsp3) is 0.250. The molecule has 0 aliphatic heterocycles. The zero-order valence-electron chi connectivity index (χ0n) is 10.4. The summed E-state index contributed by atoms with van der Waals surface area (Å²) in [7, 11) is 0. The maximum atomic E-state index is 6.02. The second kappa shape index (κ2) is 4.66. The van der Waals surface area contributed by atoms with Crippen molar-refractivity contribution in [3.8, 4) is 5.82 Å². The van der Waals surface area contributed by atoms with Gasteiger partial charge in [-0.05, 0) is 32.4 Å². The van der Waals surface area contributed by atoms with Crippen LogP contribution in [0.2, 0.25) is 5.02 Å². The lowest BCUT2D eigenvalue weighted by molar-refractivity contribution is 0.823. The van der Waals surface area contributed by atoms with Crippen LogP contribution >= 0.6 is 23.8 Å². The monoisotopic (exact) mass is 280 g/mol. The molecule has 2 rings (SSSR count). The van der Waals surface area contributed by atoms with Gasteiger partial charge in [-0.1, -0.05) is 23.8 Å². The van der Waals surface area contributed by atoms with E-state index in [-0.39, 0.29) is 0 Å². The van der Waals surface area contributed by atoms with Gasteiger partial charge in [-0.15, -0.1) is 0 Å². The van der Waals surface area contributed by atoms with Crippen molar-refractivity contribution >= 4 is 28.8 Å². The molecule has 0 aliphatic rings. The van der Waals surface area contributed by atoms with Crippen LogP contribution in [0.25, 0.3) is 5.82 Å². The summed E-state index contributed by atoms with van der Waals surface area (Å²) in [5, 5.41) is 4.90. The van der Waals surface area contributed by atoms with Gasteiger partial charge in [-0.2, -0.15) is 5.10 Å². The minimum absolute atomic E-state index is 0.305. The number of hydrogen-bond acceptors (Lipinski definition) is 3. The summed E-state index contributed by atoms with van der Waals surface area (Å²) in [4.78, 5) is 4.76. The predicted octanol–water partition coefficient (Wildman–Crippen LogP) is 2.48. The summed E-state index contributed by atoms with van der Waals surface area (Å²) in [6.45, 7) is 5.70. The molecular formula is C12H13ClN4S. The number of nitrogens with two attached hydrogens (primary N) is 1. The number of hydrogen-bond donors (Lipinski definition) is 1. The van der Waals surface area contributed by atoms with Crippen molar-refractivity contribution in [1.82, 2.24) is 14.8 Å². The van der Waals surface area contributed by atoms with Crippen molar-refractivity contribution in [3.63, 3.8) is 0 Å². The van der Waals surface area contributed by atoms with Crippen LogP contribution in [-0.2, 0) is 0 Å². The van der Waals surface area contributed by atoms with Crippen molar-refractivity contribution in [2.45, 2.75) is 20.8 Å². The van der Waals surface area contributed by atoms with Gasteiger partial charge in [0.1, 0.15) is 4.99 Å². The van der Waals surface area contributed by atoms with Crippen LogP contribution in [0.3, 0.4) is 0 Å². The van der Waals surface area contributed by atoms with Gasteiger partial charge in [-0.25, -0.2) is 9.67 Å². The van der Waals surface area contributed by atoms with Gasteiger partial charge < -0.3 is 5.73 Å². The van der Waals surface area contributed by atoms with E-state index in [2.05, 4.69) is 10.1 Å². The highest BCUT2D eigenvalue weighted by molar-refractivity contribution is 7.80. The van der Waals surface area contributed by atoms with Crippen LogP contribution in [0, 0.1) is 20.8 Å². The van der Waals surface area contributed by atoms with E-state index in [1.165, 1.54) is 0 Å². The molecule has 2 aromatic heterocycles. The number of halogens is 1. The lowest BCUT2D eigenvalue weighted by Crippen LogP contribution is -2.17. The highest BCUT2D eigenvalue weighted by Gasteiger charge is 2.15. The molecule has 94 valence electrons. The predicted molar refractivity (Wildman–Crippen MR) is 76.5 cm³/mol. The SMILES string of the molecule is Cc1cc(C)c(C(N)=S)c(-n2cc(Cl)c(C)n2)n1. The molecule has 0 bridgehead atoms. The molecule has 0 amide bonds. The van der Waals surface area contributed by atoms with Crippen LogP contribution < -0.4 is 5.73 Å². The number of thiocarbonyl (C=S) groups is 1. The van der Waals surface area contributed by atoms with E-state index >= 15 is 0 Å². The molecular weight excluding hydrogens is 268 g/mol. The van der Waals surface area contributed by atoms with Gasteiger partial charge in [-0.3, -0.25) is 0 Å². The summed E-state index contributed by atoms with van der Waals surface area (Å²) >= 11 is 11.1. The normalized spacial score (nSPS) is 10.7. The standard InChI is InChI=1S/C12H13ClN4S/c1-6-4-7(2)15-12(10(6)11(14)18)17-5-9(13)8(3)16-17/h4-5H,1-3H3,(H2,14,18). The fourth-order valence-electron chi connectivity index (χ4n) is 1.83. The van der Waals surface area contributed by atoms with Crippen LogP contribution in [0.1, 0.15) is 22.5 Å². The third-order valence-corrected chi connectivity index (χ3v) is 3.20. The molecule has 0 saturated carbocycles. The first kappa shape index (κ1) is 13.0. The summed E-state index contributed by atoms with van der Waals surface area (Å²) in [6, 6.07) is 1.94. The Labute approximate surface area is 116 Å². The molecule has 6 heteroatoms. The second-order valence-electron chi connectivity index (χ2n) is 4.15. The first-order valence-electron chi connectivity index (χ1n) is 5.40. The number of aryl methyl sites for hydroxylation is 3. The Morgan fingerprint density at radius 2 is 2.06 bits per heavy atom. The quantitative estimate of drug-likeness (QED) is 0.859. The van der Waals surface area contributed by atoms with E-state index in [0.717, 1.165) is 22.5 Å². The third-order valence-electron chi connectivity index (χ3n) is 2.63. The Balaban J connectivity index is 2.73. The average Bonchev–Trinajstić information content (AvgIpc) is 2.57. The van der Waals surface area contributed by atoms with Gasteiger partial charge in [0.2, 0.25) is 0 Å². The van der Waals surface area contributed by atoms with E-state index in [0.29, 0.717) is 15.8 Å². The largest absolute Gasteiger partial charge is 0.389 e. The molecule has 0 fully saturated rings. The Hall–Kier alpha value is -1.46. The number of nitrogens with zero attached hydrogens (tertiary/aromatic N) is 3. The van der Waals surface area contributed by atoms with E-state index in [1.807, 2.05) is 26.8 Å². The van der Waals surface area contributed by atoms with E-state index in [4.69, 9.17) is 29.6 Å². The highest BCUT2D eigenvalue weighted by Crippen LogP contribution is 2.20. The van der Waals surface area contributed by atoms with Gasteiger partial charge >= 0.3 is 0 Å². The Bertz CT molecular complexity index is 614. The smallest absolute Gasteiger partial charge is 0.164 e. The van der Waals surface area contributed by atoms with Gasteiger partial charge in [0, 0.05) is 5.69 Å². The van der Waals surface area contributed by atoms with Crippen LogP contribution in [-0.4, -0.2) is 19.8 Å². The third kappa shape index (κ3) is 2.23. The molecule has 2 N–H and O–H groups in total. The van der Waals surface area contributed by atoms with E-state index in [1.54, 1.807) is 10.9 Å². The fourth-order valence-corrected chi connectivity index (χ4v) is 2.22. The number of pyridine rings is 1. The molecule has 2 aromatic rings. The molecule has 0 saturated heterocycles. The molecule has 0 unspecified atom stereocenters. The van der Waals surface area contributed by atoms with Crippen molar-refractivity contribution < 1.29 is 0 Å². The second-order valence-corrected chi connectivity index (χ2v) is 5.00. The first-order chi connectivity index (χ1) is 8.40. The molecule has 0 aliphatic carbocycles. The van der Waals surface area contributed by atoms with Crippen LogP contribution in [0.15, 0.2) is 12.3 Å². The Morgan fingerprint density at radius 1 is 1.39 bits per heavy atom. The van der Waals surface area contributed by atoms with Gasteiger partial charge in [0.25, 0.3) is 0 Å². The highest BCUT2D eigenvalue weighted by atomic mass is 35.5. The van der Waals surface area contributed by atoms with Gasteiger partial charge in [0.05, 0.1) is 22.5 Å². The lowest BCUT2D eigenvalue weighted by atomic mass is 10.1. The number of aromatic nitrogens is 3. The molecule has 0 spiro atoms. The summed E-state index contributed by atoms with van der Waals surface area (Å²) in [5.41, 5.74) is 9.10. The molecule has 0 atom stereocenters. The molecule has 4 nitrogen and oxygen atoms in total. The van der Waals surface area contributed by atoms with E-state index < -0.39 is 0 Å². The Morgan fingerprint density at radius 3 is 2.56 bits per heavy atom. The van der Waals surface area contributed by atoms with Crippen molar-refractivity contribution in [2.24, 2.45) is 5.73 Å². The first-order valence-corrected chi connectivity index (χ1v) is 6.19. The number of rotatable bonds is 2. The summed E-state index contributed by atoms with van der Waals surface area (Å²) in [6.07, 6.45) is 1.71. The topological polar surface area (TPSA) is 56.7 Å². The maximum Gasteiger partial charge on any atom is 0.164 e. The van der Waals surface area contributed by atoms with Crippen molar-refractivity contribution in [2.75, 3.05) is 0 Å². The maximum absolute atomic E-state index is 6.02. The molecule has 2 heterocycles. The van der Waals surface area contributed by atoms with Crippen molar-refractivity contribution in [3.05, 3.63) is 39.8 Å². The Kier molecular flexibility index (Phi) is 3.36. The van der Waals surface area contributed by atoms with Crippen LogP contribution in [0.4, 0.5) is 0 Å². The van der Waals surface area contributed by atoms with Gasteiger partial charge in [0.15, 0.2) is 5.82 Å². The van der Waals surface area contributed by atoms with Crippen LogP contribution in [0.5, 0.6) is 0 Å². The average molecular weight is 281 g/mol. The van der Waals surface area contributed by atoms with Crippen molar-refractivity contribution in [1.29, 1.82) is 0 Å². The van der Waals surface area contributed by atoms with E-state index in [9.17, 15) is 0 Å². The zero-order chi connectivity index (χ0) is 13.4. The minimum Gasteiger partial charge on any atom is -0.389 e. The molecule has 0 radical (unpaired) electrons. The zero-order valence-corrected chi connectivity index (χ0v) is 11.9.